The van der Waals surface area contributed by atoms with Gasteiger partial charge in [0, 0.05) is 0 Å². The van der Waals surface area contributed by atoms with Gasteiger partial charge in [-0.1, -0.05) is 44.2 Å². The van der Waals surface area contributed by atoms with Gasteiger partial charge in [-0.3, -0.25) is 0 Å². The molecule has 0 spiro atoms. The van der Waals surface area contributed by atoms with E-state index in [1.54, 1.807) is 0 Å². The Balaban J connectivity index is 1.77. The van der Waals surface area contributed by atoms with Crippen molar-refractivity contribution in [2.75, 3.05) is 0 Å². The van der Waals surface area contributed by atoms with Gasteiger partial charge in [-0.25, -0.2) is 0 Å². The van der Waals surface area contributed by atoms with Crippen molar-refractivity contribution in [1.82, 2.24) is 0 Å². The summed E-state index contributed by atoms with van der Waals surface area (Å²) in [5, 5.41) is 0. The molecule has 0 bridgehead atoms. The number of fused-ring (bicyclic) bond motifs is 1. The molecule has 1 nitrogen and oxygen atoms in total. The van der Waals surface area contributed by atoms with Gasteiger partial charge in [0.05, 0.1) is 6.10 Å². The van der Waals surface area contributed by atoms with Crippen molar-refractivity contribution in [2.45, 2.75) is 44.8 Å². The second-order valence-corrected chi connectivity index (χ2v) is 5.64. The summed E-state index contributed by atoms with van der Waals surface area (Å²) < 4.78 is 6.03. The third-order valence-electron chi connectivity index (χ3n) is 4.42. The zero-order valence-corrected chi connectivity index (χ0v) is 10.1. The minimum Gasteiger partial charge on any atom is -0.361 e. The highest BCUT2D eigenvalue weighted by atomic mass is 16.6. The molecule has 1 aromatic carbocycles. The lowest BCUT2D eigenvalue weighted by atomic mass is 9.75. The van der Waals surface area contributed by atoms with Gasteiger partial charge >= 0.3 is 0 Å². The third-order valence-corrected chi connectivity index (χ3v) is 4.42. The summed E-state index contributed by atoms with van der Waals surface area (Å²) in [7, 11) is 0. The van der Waals surface area contributed by atoms with E-state index in [-0.39, 0.29) is 5.60 Å². The lowest BCUT2D eigenvalue weighted by molar-refractivity contribution is 0.264. The molecular weight excluding hydrogens is 196 g/mol. The zero-order valence-electron chi connectivity index (χ0n) is 10.1. The molecule has 2 fully saturated rings. The molecule has 0 radical (unpaired) electrons. The van der Waals surface area contributed by atoms with Crippen molar-refractivity contribution in [3.05, 3.63) is 35.9 Å². The van der Waals surface area contributed by atoms with E-state index in [4.69, 9.17) is 4.74 Å². The van der Waals surface area contributed by atoms with Crippen LogP contribution < -0.4 is 0 Å². The number of rotatable bonds is 2. The van der Waals surface area contributed by atoms with Crippen LogP contribution in [0.4, 0.5) is 0 Å². The van der Waals surface area contributed by atoms with Gasteiger partial charge in [-0.2, -0.15) is 0 Å². The summed E-state index contributed by atoms with van der Waals surface area (Å²) in [4.78, 5) is 0. The Hall–Kier alpha value is -0.820. The van der Waals surface area contributed by atoms with Gasteiger partial charge in [-0.15, -0.1) is 0 Å². The fraction of sp³-hybridized carbons (Fsp3) is 0.600. The van der Waals surface area contributed by atoms with E-state index < -0.39 is 0 Å². The molecule has 2 aliphatic rings. The molecule has 1 heterocycles. The quantitative estimate of drug-likeness (QED) is 0.686. The van der Waals surface area contributed by atoms with Crippen LogP contribution in [0.3, 0.4) is 0 Å². The normalized spacial score (nSPS) is 37.2. The highest BCUT2D eigenvalue weighted by Gasteiger charge is 2.60. The van der Waals surface area contributed by atoms with Crippen molar-refractivity contribution >= 4 is 0 Å². The maximum Gasteiger partial charge on any atom is 0.120 e. The van der Waals surface area contributed by atoms with E-state index in [0.29, 0.717) is 6.10 Å². The third kappa shape index (κ3) is 1.49. The summed E-state index contributed by atoms with van der Waals surface area (Å²) in [6.07, 6.45) is 4.29. The average Bonchev–Trinajstić information content (AvgIpc) is 3.04. The number of epoxide rings is 1. The Labute approximate surface area is 97.8 Å². The van der Waals surface area contributed by atoms with Crippen LogP contribution in [0.1, 0.15) is 38.7 Å². The van der Waals surface area contributed by atoms with Gasteiger partial charge in [0.25, 0.3) is 0 Å². The van der Waals surface area contributed by atoms with Crippen LogP contribution >= 0.6 is 0 Å². The number of benzene rings is 1. The predicted octanol–water partition coefficient (Wildman–Crippen LogP) is 3.74. The first kappa shape index (κ1) is 10.3. The van der Waals surface area contributed by atoms with Gasteiger partial charge in [0.1, 0.15) is 5.60 Å². The molecule has 3 rings (SSSR count). The van der Waals surface area contributed by atoms with Crippen LogP contribution in [0, 0.1) is 11.8 Å². The lowest BCUT2D eigenvalue weighted by Crippen LogP contribution is -2.25. The maximum absolute atomic E-state index is 6.03. The molecule has 1 heteroatoms. The highest BCUT2D eigenvalue weighted by molar-refractivity contribution is 5.30. The first-order valence-electron chi connectivity index (χ1n) is 6.46. The molecule has 1 aliphatic carbocycles. The minimum absolute atomic E-state index is 0.104. The first-order valence-corrected chi connectivity index (χ1v) is 6.46. The van der Waals surface area contributed by atoms with Crippen LogP contribution in [0.5, 0.6) is 0 Å². The van der Waals surface area contributed by atoms with Crippen LogP contribution in [0.2, 0.25) is 0 Å². The van der Waals surface area contributed by atoms with Gasteiger partial charge < -0.3 is 4.74 Å². The molecule has 86 valence electrons. The smallest absolute Gasteiger partial charge is 0.120 e. The average molecular weight is 216 g/mol. The van der Waals surface area contributed by atoms with Crippen molar-refractivity contribution < 1.29 is 4.74 Å². The number of hydrogen-bond acceptors (Lipinski definition) is 1. The molecular formula is C15H20O. The fourth-order valence-corrected chi connectivity index (χ4v) is 3.19. The zero-order chi connectivity index (χ0) is 11.2. The van der Waals surface area contributed by atoms with Crippen LogP contribution in [-0.4, -0.2) is 6.10 Å². The molecule has 1 saturated heterocycles. The Morgan fingerprint density at radius 3 is 2.62 bits per heavy atom. The van der Waals surface area contributed by atoms with Crippen molar-refractivity contribution in [1.29, 1.82) is 0 Å². The monoisotopic (exact) mass is 216 g/mol. The molecule has 0 amide bonds. The van der Waals surface area contributed by atoms with E-state index in [2.05, 4.69) is 44.2 Å². The Morgan fingerprint density at radius 1 is 1.25 bits per heavy atom. The van der Waals surface area contributed by atoms with Crippen molar-refractivity contribution in [3.63, 3.8) is 0 Å². The molecule has 1 saturated carbocycles. The van der Waals surface area contributed by atoms with Gasteiger partial charge in [-0.05, 0) is 36.7 Å². The second kappa shape index (κ2) is 3.59. The molecule has 1 aliphatic heterocycles. The van der Waals surface area contributed by atoms with E-state index in [1.807, 2.05) is 0 Å². The predicted molar refractivity (Wildman–Crippen MR) is 65.2 cm³/mol. The van der Waals surface area contributed by atoms with Gasteiger partial charge in [0.2, 0.25) is 0 Å². The highest BCUT2D eigenvalue weighted by Crippen LogP contribution is 2.57. The molecule has 0 N–H and O–H groups in total. The molecule has 3 unspecified atom stereocenters. The summed E-state index contributed by atoms with van der Waals surface area (Å²) in [5.74, 6) is 1.67. The van der Waals surface area contributed by atoms with Crippen LogP contribution in [-0.2, 0) is 10.3 Å². The fourth-order valence-electron chi connectivity index (χ4n) is 3.19. The molecule has 0 aromatic heterocycles. The second-order valence-electron chi connectivity index (χ2n) is 5.64. The van der Waals surface area contributed by atoms with Gasteiger partial charge in [0.15, 0.2) is 0 Å². The van der Waals surface area contributed by atoms with E-state index in [1.165, 1.54) is 24.8 Å². The largest absolute Gasteiger partial charge is 0.361 e. The summed E-state index contributed by atoms with van der Waals surface area (Å²) in [5.41, 5.74) is 1.49. The standard InChI is InChI=1S/C15H20O/c1-11(2)12-8-9-15(14(10-12)16-15)13-6-4-3-5-7-13/h3-7,11-12,14H,8-10H2,1-2H3. The number of hydrogen-bond donors (Lipinski definition) is 0. The Morgan fingerprint density at radius 2 is 2.00 bits per heavy atom. The summed E-state index contributed by atoms with van der Waals surface area (Å²) in [6.45, 7) is 4.67. The first-order chi connectivity index (χ1) is 7.72. The topological polar surface area (TPSA) is 12.5 Å². The molecule has 16 heavy (non-hydrogen) atoms. The Kier molecular flexibility index (Phi) is 2.32. The summed E-state index contributed by atoms with van der Waals surface area (Å²) in [6, 6.07) is 10.8. The van der Waals surface area contributed by atoms with Crippen molar-refractivity contribution in [3.8, 4) is 0 Å². The van der Waals surface area contributed by atoms with E-state index in [9.17, 15) is 0 Å². The Bertz CT molecular complexity index is 370. The van der Waals surface area contributed by atoms with E-state index >= 15 is 0 Å². The number of ether oxygens (including phenoxy) is 1. The maximum atomic E-state index is 6.03. The lowest BCUT2D eigenvalue weighted by Gasteiger charge is -2.27. The molecule has 3 atom stereocenters. The minimum atomic E-state index is 0.104. The van der Waals surface area contributed by atoms with E-state index in [0.717, 1.165) is 11.8 Å². The van der Waals surface area contributed by atoms with Crippen molar-refractivity contribution in [2.24, 2.45) is 11.8 Å². The SMILES string of the molecule is CC(C)C1CCC2(c3ccccc3)OC2C1. The molecule has 1 aromatic rings. The summed E-state index contributed by atoms with van der Waals surface area (Å²) >= 11 is 0. The van der Waals surface area contributed by atoms with Crippen LogP contribution in [0.25, 0.3) is 0 Å². The van der Waals surface area contributed by atoms with Crippen LogP contribution in [0.15, 0.2) is 30.3 Å².